The number of hydrogen-bond donors (Lipinski definition) is 1. The Morgan fingerprint density at radius 2 is 2.11 bits per heavy atom. The SMILES string of the molecule is Cc1c(N)cn(CC(=O)N(C)C(C)C)c(=O)c1Br. The molecule has 0 bridgehead atoms. The summed E-state index contributed by atoms with van der Waals surface area (Å²) >= 11 is 3.20. The lowest BCUT2D eigenvalue weighted by atomic mass is 10.2. The van der Waals surface area contributed by atoms with Crippen molar-refractivity contribution >= 4 is 27.5 Å². The lowest BCUT2D eigenvalue weighted by Crippen LogP contribution is -2.38. The van der Waals surface area contributed by atoms with Gasteiger partial charge >= 0.3 is 0 Å². The van der Waals surface area contributed by atoms with Crippen LogP contribution in [0, 0.1) is 6.92 Å². The summed E-state index contributed by atoms with van der Waals surface area (Å²) in [7, 11) is 1.71. The van der Waals surface area contributed by atoms with Crippen LogP contribution in [-0.4, -0.2) is 28.5 Å². The third-order valence-electron chi connectivity index (χ3n) is 2.98. The van der Waals surface area contributed by atoms with Crippen LogP contribution in [0.5, 0.6) is 0 Å². The van der Waals surface area contributed by atoms with Gasteiger partial charge in [0.05, 0.1) is 10.2 Å². The maximum absolute atomic E-state index is 12.0. The molecule has 0 aromatic carbocycles. The van der Waals surface area contributed by atoms with Crippen molar-refractivity contribution in [3.8, 4) is 0 Å². The number of carbonyl (C=O) groups is 1. The second-order valence-corrected chi connectivity index (χ2v) is 5.35. The number of nitrogens with two attached hydrogens (primary N) is 1. The van der Waals surface area contributed by atoms with E-state index >= 15 is 0 Å². The number of hydrogen-bond acceptors (Lipinski definition) is 3. The highest BCUT2D eigenvalue weighted by atomic mass is 79.9. The number of rotatable bonds is 3. The van der Waals surface area contributed by atoms with Gasteiger partial charge in [-0.2, -0.15) is 0 Å². The van der Waals surface area contributed by atoms with Crippen LogP contribution in [0.15, 0.2) is 15.5 Å². The van der Waals surface area contributed by atoms with Crippen LogP contribution < -0.4 is 11.3 Å². The van der Waals surface area contributed by atoms with Gasteiger partial charge in [0.15, 0.2) is 0 Å². The number of amides is 1. The molecule has 0 fully saturated rings. The van der Waals surface area contributed by atoms with E-state index in [0.717, 1.165) is 0 Å². The molecule has 0 saturated heterocycles. The Bertz CT molecular complexity index is 523. The lowest BCUT2D eigenvalue weighted by molar-refractivity contribution is -0.132. The molecule has 1 amide bonds. The molecule has 1 aromatic heterocycles. The van der Waals surface area contributed by atoms with Crippen LogP contribution in [0.3, 0.4) is 0 Å². The fourth-order valence-electron chi connectivity index (χ4n) is 1.40. The fourth-order valence-corrected chi connectivity index (χ4v) is 1.86. The van der Waals surface area contributed by atoms with Crippen LogP contribution >= 0.6 is 15.9 Å². The predicted octanol–water partition coefficient (Wildman–Crippen LogP) is 1.37. The lowest BCUT2D eigenvalue weighted by Gasteiger charge is -2.22. The Morgan fingerprint density at radius 3 is 2.61 bits per heavy atom. The summed E-state index contributed by atoms with van der Waals surface area (Å²) in [6.07, 6.45) is 1.51. The standard InChI is InChI=1S/C12H18BrN3O2/c1-7(2)15(4)10(17)6-16-5-9(14)8(3)11(13)12(16)18/h5,7H,6,14H2,1-4H3. The molecule has 0 spiro atoms. The maximum atomic E-state index is 12.0. The summed E-state index contributed by atoms with van der Waals surface area (Å²) in [5, 5.41) is 0. The number of carbonyl (C=O) groups excluding carboxylic acids is 1. The summed E-state index contributed by atoms with van der Waals surface area (Å²) in [5.74, 6) is -0.123. The first-order chi connectivity index (χ1) is 8.25. The Hall–Kier alpha value is -1.30. The van der Waals surface area contributed by atoms with Gasteiger partial charge in [0.1, 0.15) is 6.54 Å². The van der Waals surface area contributed by atoms with Crippen LogP contribution in [0.1, 0.15) is 19.4 Å². The van der Waals surface area contributed by atoms with E-state index in [2.05, 4.69) is 15.9 Å². The summed E-state index contributed by atoms with van der Waals surface area (Å²) in [5.41, 5.74) is 6.73. The van der Waals surface area contributed by atoms with Gasteiger partial charge in [0.2, 0.25) is 5.91 Å². The van der Waals surface area contributed by atoms with Gasteiger partial charge in [0.25, 0.3) is 5.56 Å². The van der Waals surface area contributed by atoms with Gasteiger partial charge < -0.3 is 15.2 Å². The third kappa shape index (κ3) is 2.93. The third-order valence-corrected chi connectivity index (χ3v) is 3.91. The van der Waals surface area contributed by atoms with Crippen LogP contribution in [0.2, 0.25) is 0 Å². The highest BCUT2D eigenvalue weighted by Crippen LogP contribution is 2.17. The fraction of sp³-hybridized carbons (Fsp3) is 0.500. The second-order valence-electron chi connectivity index (χ2n) is 4.55. The van der Waals surface area contributed by atoms with Gasteiger partial charge in [0, 0.05) is 19.3 Å². The van der Waals surface area contributed by atoms with Crippen molar-refractivity contribution in [2.75, 3.05) is 12.8 Å². The molecule has 1 aromatic rings. The average molecular weight is 316 g/mol. The van der Waals surface area contributed by atoms with Gasteiger partial charge in [-0.25, -0.2) is 0 Å². The van der Waals surface area contributed by atoms with Gasteiger partial charge in [-0.15, -0.1) is 0 Å². The number of halogens is 1. The Kier molecular flexibility index (Phi) is 4.56. The molecular formula is C12H18BrN3O2. The highest BCUT2D eigenvalue weighted by Gasteiger charge is 2.15. The Labute approximate surface area is 115 Å². The zero-order valence-electron chi connectivity index (χ0n) is 11.0. The first-order valence-corrected chi connectivity index (χ1v) is 6.45. The summed E-state index contributed by atoms with van der Waals surface area (Å²) in [4.78, 5) is 25.5. The number of nitrogen functional groups attached to an aromatic ring is 1. The van der Waals surface area contributed by atoms with E-state index in [1.54, 1.807) is 18.9 Å². The Balaban J connectivity index is 3.07. The van der Waals surface area contributed by atoms with Crippen molar-refractivity contribution in [1.29, 1.82) is 0 Å². The zero-order valence-corrected chi connectivity index (χ0v) is 12.6. The normalized spacial score (nSPS) is 10.8. The van der Waals surface area contributed by atoms with Crippen molar-refractivity contribution < 1.29 is 4.79 Å². The Morgan fingerprint density at radius 1 is 1.56 bits per heavy atom. The predicted molar refractivity (Wildman–Crippen MR) is 75.5 cm³/mol. The van der Waals surface area contributed by atoms with E-state index in [0.29, 0.717) is 15.7 Å². The van der Waals surface area contributed by atoms with E-state index in [1.807, 2.05) is 13.8 Å². The smallest absolute Gasteiger partial charge is 0.265 e. The molecule has 2 N–H and O–H groups in total. The van der Waals surface area contributed by atoms with Crippen molar-refractivity contribution in [1.82, 2.24) is 9.47 Å². The van der Waals surface area contributed by atoms with Gasteiger partial charge in [-0.3, -0.25) is 9.59 Å². The molecule has 0 aliphatic rings. The number of likely N-dealkylation sites (N-methyl/N-ethyl adjacent to an activating group) is 1. The van der Waals surface area contributed by atoms with Crippen LogP contribution in [0.4, 0.5) is 5.69 Å². The van der Waals surface area contributed by atoms with Crippen molar-refractivity contribution in [2.24, 2.45) is 0 Å². The van der Waals surface area contributed by atoms with Crippen molar-refractivity contribution in [3.63, 3.8) is 0 Å². The number of aromatic nitrogens is 1. The first kappa shape index (κ1) is 14.8. The molecule has 100 valence electrons. The molecule has 0 atom stereocenters. The molecule has 18 heavy (non-hydrogen) atoms. The molecule has 1 heterocycles. The summed E-state index contributed by atoms with van der Waals surface area (Å²) in [6, 6.07) is 0.0967. The van der Waals surface area contributed by atoms with E-state index in [-0.39, 0.29) is 24.1 Å². The number of anilines is 1. The highest BCUT2D eigenvalue weighted by molar-refractivity contribution is 9.10. The maximum Gasteiger partial charge on any atom is 0.265 e. The molecule has 1 rings (SSSR count). The zero-order chi connectivity index (χ0) is 14.0. The average Bonchev–Trinajstić information content (AvgIpc) is 2.32. The van der Waals surface area contributed by atoms with E-state index in [4.69, 9.17) is 5.73 Å². The first-order valence-electron chi connectivity index (χ1n) is 5.66. The molecule has 0 aliphatic carbocycles. The second kappa shape index (κ2) is 5.56. The minimum Gasteiger partial charge on any atom is -0.397 e. The van der Waals surface area contributed by atoms with Gasteiger partial charge in [-0.05, 0) is 42.3 Å². The minimum absolute atomic E-state index is 0.00338. The summed E-state index contributed by atoms with van der Waals surface area (Å²) < 4.78 is 1.73. The molecular weight excluding hydrogens is 298 g/mol. The molecule has 0 aliphatic heterocycles. The molecule has 0 radical (unpaired) electrons. The molecule has 0 saturated carbocycles. The molecule has 0 unspecified atom stereocenters. The van der Waals surface area contributed by atoms with Crippen LogP contribution in [0.25, 0.3) is 0 Å². The van der Waals surface area contributed by atoms with E-state index in [1.165, 1.54) is 10.8 Å². The quantitative estimate of drug-likeness (QED) is 0.916. The monoisotopic (exact) mass is 315 g/mol. The molecule has 6 heteroatoms. The minimum atomic E-state index is -0.243. The number of pyridine rings is 1. The topological polar surface area (TPSA) is 68.3 Å². The molecule has 5 nitrogen and oxygen atoms in total. The van der Waals surface area contributed by atoms with Gasteiger partial charge in [-0.1, -0.05) is 0 Å². The van der Waals surface area contributed by atoms with Crippen molar-refractivity contribution in [3.05, 3.63) is 26.6 Å². The summed E-state index contributed by atoms with van der Waals surface area (Å²) in [6.45, 7) is 5.59. The van der Waals surface area contributed by atoms with Crippen LogP contribution in [-0.2, 0) is 11.3 Å². The van der Waals surface area contributed by atoms with E-state index in [9.17, 15) is 9.59 Å². The largest absolute Gasteiger partial charge is 0.397 e. The van der Waals surface area contributed by atoms with Crippen molar-refractivity contribution in [2.45, 2.75) is 33.4 Å². The van der Waals surface area contributed by atoms with E-state index < -0.39 is 0 Å². The number of nitrogens with zero attached hydrogens (tertiary/aromatic N) is 2.